The lowest BCUT2D eigenvalue weighted by atomic mass is 9.89. The van der Waals surface area contributed by atoms with Crippen LogP contribution in [-0.4, -0.2) is 41.6 Å². The van der Waals surface area contributed by atoms with E-state index >= 15 is 0 Å². The van der Waals surface area contributed by atoms with Gasteiger partial charge in [-0.2, -0.15) is 0 Å². The summed E-state index contributed by atoms with van der Waals surface area (Å²) in [4.78, 5) is 26.1. The topological polar surface area (TPSA) is 55.8 Å². The van der Waals surface area contributed by atoms with Gasteiger partial charge in [0.15, 0.2) is 5.56 Å². The zero-order valence-electron chi connectivity index (χ0n) is 16.7. The van der Waals surface area contributed by atoms with E-state index in [1.807, 2.05) is 48.5 Å². The zero-order valence-corrected chi connectivity index (χ0v) is 18.3. The number of hydrogen-bond donors (Lipinski definition) is 0. The predicted octanol–water partition coefficient (Wildman–Crippen LogP) is 5.02. The van der Waals surface area contributed by atoms with Gasteiger partial charge in [-0.1, -0.05) is 79.2 Å². The maximum atomic E-state index is 13.0. The molecule has 2 unspecified atom stereocenters. The molecule has 1 fully saturated rings. The van der Waals surface area contributed by atoms with Gasteiger partial charge in [-0.05, 0) is 11.1 Å². The minimum atomic E-state index is -0.982. The van der Waals surface area contributed by atoms with Crippen molar-refractivity contribution in [1.29, 1.82) is 0 Å². The van der Waals surface area contributed by atoms with E-state index in [9.17, 15) is 9.59 Å². The molecule has 0 amide bonds. The summed E-state index contributed by atoms with van der Waals surface area (Å²) in [7, 11) is 0. The van der Waals surface area contributed by atoms with Crippen molar-refractivity contribution in [3.05, 3.63) is 71.8 Å². The van der Waals surface area contributed by atoms with E-state index in [4.69, 9.17) is 32.7 Å². The number of alkyl halides is 1. The van der Waals surface area contributed by atoms with Crippen molar-refractivity contribution in [2.45, 2.75) is 24.9 Å². The first kappa shape index (κ1) is 22.6. The Morgan fingerprint density at radius 1 is 1.07 bits per heavy atom. The second kappa shape index (κ2) is 10.8. The molecule has 0 spiro atoms. The molecule has 1 saturated heterocycles. The largest absolute Gasteiger partial charge is 0.465 e. The SMILES string of the molecule is CC(COC(=O)[C@H]1CN(Cc2ccccc2)C[C@@H]1c1ccccc1)C(Cl)OC(=O)Cl. The van der Waals surface area contributed by atoms with Crippen LogP contribution in [0.4, 0.5) is 4.79 Å². The van der Waals surface area contributed by atoms with E-state index in [-0.39, 0.29) is 30.3 Å². The van der Waals surface area contributed by atoms with Crippen LogP contribution in [0.5, 0.6) is 0 Å². The predicted molar refractivity (Wildman–Crippen MR) is 116 cm³/mol. The molecule has 7 heteroatoms. The number of carbonyl (C=O) groups is 2. The fraction of sp³-hybridized carbons (Fsp3) is 0.391. The van der Waals surface area contributed by atoms with Crippen LogP contribution in [0.3, 0.4) is 0 Å². The van der Waals surface area contributed by atoms with Gasteiger partial charge in [-0.3, -0.25) is 9.69 Å². The van der Waals surface area contributed by atoms with Crippen molar-refractivity contribution in [3.8, 4) is 0 Å². The summed E-state index contributed by atoms with van der Waals surface area (Å²) in [6.07, 6.45) is 0. The van der Waals surface area contributed by atoms with E-state index in [0.717, 1.165) is 18.7 Å². The molecule has 1 aliphatic heterocycles. The van der Waals surface area contributed by atoms with Crippen LogP contribution >= 0.6 is 23.2 Å². The molecule has 0 aromatic heterocycles. The minimum absolute atomic E-state index is 0.0465. The molecule has 30 heavy (non-hydrogen) atoms. The van der Waals surface area contributed by atoms with Crippen molar-refractivity contribution < 1.29 is 19.1 Å². The normalized spacial score (nSPS) is 21.0. The number of esters is 1. The summed E-state index contributed by atoms with van der Waals surface area (Å²) in [5, 5.41) is 0. The van der Waals surface area contributed by atoms with Crippen molar-refractivity contribution in [3.63, 3.8) is 0 Å². The van der Waals surface area contributed by atoms with Gasteiger partial charge in [-0.25, -0.2) is 4.79 Å². The molecule has 0 radical (unpaired) electrons. The van der Waals surface area contributed by atoms with Gasteiger partial charge >= 0.3 is 11.4 Å². The fourth-order valence-electron chi connectivity index (χ4n) is 3.73. The highest BCUT2D eigenvalue weighted by molar-refractivity contribution is 6.61. The molecule has 0 aliphatic carbocycles. The van der Waals surface area contributed by atoms with Gasteiger partial charge in [0.1, 0.15) is 0 Å². The van der Waals surface area contributed by atoms with Crippen LogP contribution in [0.15, 0.2) is 60.7 Å². The molecule has 160 valence electrons. The third-order valence-corrected chi connectivity index (χ3v) is 5.92. The maximum Gasteiger partial charge on any atom is 0.405 e. The van der Waals surface area contributed by atoms with Crippen molar-refractivity contribution in [2.75, 3.05) is 19.7 Å². The molecule has 0 bridgehead atoms. The van der Waals surface area contributed by atoms with Gasteiger partial charge < -0.3 is 9.47 Å². The van der Waals surface area contributed by atoms with Crippen molar-refractivity contribution in [2.24, 2.45) is 11.8 Å². The molecule has 3 rings (SSSR count). The quantitative estimate of drug-likeness (QED) is 0.321. The first-order valence-electron chi connectivity index (χ1n) is 9.92. The number of hydrogen-bond acceptors (Lipinski definition) is 5. The monoisotopic (exact) mass is 449 g/mol. The molecule has 4 atom stereocenters. The Morgan fingerprint density at radius 2 is 1.70 bits per heavy atom. The molecule has 0 N–H and O–H groups in total. The van der Waals surface area contributed by atoms with Gasteiger partial charge in [-0.15, -0.1) is 0 Å². The highest BCUT2D eigenvalue weighted by Crippen LogP contribution is 2.34. The number of rotatable bonds is 8. The summed E-state index contributed by atoms with van der Waals surface area (Å²) < 4.78 is 10.3. The standard InChI is InChI=1S/C23H25Cl2NO4/c1-16(21(24)30-23(25)28)15-29-22(27)20-14-26(12-17-8-4-2-5-9-17)13-19(20)18-10-6-3-7-11-18/h2-11,16,19-21H,12-15H2,1H3/t16?,19-,20+,21?/m1/s1. The molecule has 1 heterocycles. The fourth-order valence-corrected chi connectivity index (χ4v) is 4.03. The number of benzene rings is 2. The first-order valence-corrected chi connectivity index (χ1v) is 10.7. The van der Waals surface area contributed by atoms with Crippen molar-refractivity contribution in [1.82, 2.24) is 4.90 Å². The van der Waals surface area contributed by atoms with E-state index in [1.165, 1.54) is 5.56 Å². The molecular formula is C23H25Cl2NO4. The third kappa shape index (κ3) is 6.21. The average molecular weight is 450 g/mol. The Morgan fingerprint density at radius 3 is 2.33 bits per heavy atom. The Bertz CT molecular complexity index is 834. The second-order valence-electron chi connectivity index (χ2n) is 7.62. The summed E-state index contributed by atoms with van der Waals surface area (Å²) >= 11 is 11.2. The van der Waals surface area contributed by atoms with Gasteiger partial charge in [0.25, 0.3) is 0 Å². The van der Waals surface area contributed by atoms with Crippen LogP contribution in [0.1, 0.15) is 24.0 Å². The molecule has 1 aliphatic rings. The van der Waals surface area contributed by atoms with Crippen LogP contribution in [0.2, 0.25) is 0 Å². The number of halogens is 2. The maximum absolute atomic E-state index is 13.0. The summed E-state index contributed by atoms with van der Waals surface area (Å²) in [5.41, 5.74) is 0.393. The number of nitrogens with zero attached hydrogens (tertiary/aromatic N) is 1. The lowest BCUT2D eigenvalue weighted by molar-refractivity contribution is -0.150. The second-order valence-corrected chi connectivity index (χ2v) is 8.36. The van der Waals surface area contributed by atoms with Gasteiger partial charge in [0, 0.05) is 43.1 Å². The van der Waals surface area contributed by atoms with E-state index in [1.54, 1.807) is 6.92 Å². The number of likely N-dealkylation sites (tertiary alicyclic amines) is 1. The molecule has 0 saturated carbocycles. The minimum Gasteiger partial charge on any atom is -0.465 e. The highest BCUT2D eigenvalue weighted by atomic mass is 35.5. The zero-order chi connectivity index (χ0) is 21.5. The molecule has 5 nitrogen and oxygen atoms in total. The van der Waals surface area contributed by atoms with Gasteiger partial charge in [0.05, 0.1) is 12.5 Å². The van der Waals surface area contributed by atoms with E-state index in [2.05, 4.69) is 17.0 Å². The first-order chi connectivity index (χ1) is 14.4. The van der Waals surface area contributed by atoms with Crippen molar-refractivity contribution >= 4 is 34.6 Å². The van der Waals surface area contributed by atoms with Crippen LogP contribution in [0.25, 0.3) is 0 Å². The Labute approximate surface area is 186 Å². The average Bonchev–Trinajstić information content (AvgIpc) is 3.16. The Balaban J connectivity index is 1.66. The molecule has 2 aromatic rings. The summed E-state index contributed by atoms with van der Waals surface area (Å²) in [6.45, 7) is 3.95. The lowest BCUT2D eigenvalue weighted by Gasteiger charge is -2.21. The Kier molecular flexibility index (Phi) is 8.14. The number of carbonyl (C=O) groups excluding carboxylic acids is 2. The Hall–Kier alpha value is -2.08. The molecule has 2 aromatic carbocycles. The van der Waals surface area contributed by atoms with E-state index in [0.29, 0.717) is 6.54 Å². The lowest BCUT2D eigenvalue weighted by Crippen LogP contribution is -2.29. The summed E-state index contributed by atoms with van der Waals surface area (Å²) in [5.74, 6) is -0.888. The number of ether oxygens (including phenoxy) is 2. The smallest absolute Gasteiger partial charge is 0.405 e. The van der Waals surface area contributed by atoms with Gasteiger partial charge in [0.2, 0.25) is 0 Å². The van der Waals surface area contributed by atoms with Crippen LogP contribution in [0, 0.1) is 11.8 Å². The third-order valence-electron chi connectivity index (χ3n) is 5.32. The summed E-state index contributed by atoms with van der Waals surface area (Å²) in [6, 6.07) is 20.2. The molecular weight excluding hydrogens is 425 g/mol. The van der Waals surface area contributed by atoms with E-state index < -0.39 is 11.0 Å². The highest BCUT2D eigenvalue weighted by Gasteiger charge is 2.39. The van der Waals surface area contributed by atoms with Crippen LogP contribution in [-0.2, 0) is 20.8 Å². The van der Waals surface area contributed by atoms with Crippen LogP contribution < -0.4 is 0 Å².